The van der Waals surface area contributed by atoms with Crippen molar-refractivity contribution in [2.45, 2.75) is 32.2 Å². The van der Waals surface area contributed by atoms with Gasteiger partial charge in [-0.05, 0) is 38.1 Å². The molecular formula is C14H22ClNO. The lowest BCUT2D eigenvalue weighted by molar-refractivity contribution is 0.277. The van der Waals surface area contributed by atoms with Crippen molar-refractivity contribution in [2.75, 3.05) is 20.2 Å². The fourth-order valence-electron chi connectivity index (χ4n) is 1.84. The van der Waals surface area contributed by atoms with Gasteiger partial charge in [-0.3, -0.25) is 0 Å². The van der Waals surface area contributed by atoms with Crippen LogP contribution in [0, 0.1) is 0 Å². The van der Waals surface area contributed by atoms with Gasteiger partial charge in [-0.15, -0.1) is 0 Å². The highest BCUT2D eigenvalue weighted by atomic mass is 35.5. The van der Waals surface area contributed by atoms with E-state index in [9.17, 15) is 0 Å². The zero-order valence-corrected chi connectivity index (χ0v) is 11.3. The van der Waals surface area contributed by atoms with Crippen LogP contribution in [0.1, 0.15) is 31.2 Å². The topological polar surface area (TPSA) is 23.5 Å². The molecule has 0 bridgehead atoms. The molecular weight excluding hydrogens is 234 g/mol. The summed E-state index contributed by atoms with van der Waals surface area (Å²) in [5, 5.41) is 9.52. The Labute approximate surface area is 109 Å². The van der Waals surface area contributed by atoms with Crippen molar-refractivity contribution in [1.29, 1.82) is 0 Å². The lowest BCUT2D eigenvalue weighted by Gasteiger charge is -2.17. The van der Waals surface area contributed by atoms with Crippen molar-refractivity contribution in [1.82, 2.24) is 4.90 Å². The van der Waals surface area contributed by atoms with Crippen LogP contribution in [-0.4, -0.2) is 30.2 Å². The summed E-state index contributed by atoms with van der Waals surface area (Å²) in [5.74, 6) is 0. The summed E-state index contributed by atoms with van der Waals surface area (Å²) in [6.45, 7) is 2.30. The Balaban J connectivity index is 2.21. The molecule has 1 aromatic carbocycles. The van der Waals surface area contributed by atoms with Crippen LogP contribution >= 0.6 is 11.6 Å². The van der Waals surface area contributed by atoms with Crippen LogP contribution in [0.2, 0.25) is 5.02 Å². The maximum Gasteiger partial charge on any atom is 0.0451 e. The highest BCUT2D eigenvalue weighted by Gasteiger charge is 2.03. The second-order valence-electron chi connectivity index (χ2n) is 4.47. The van der Waals surface area contributed by atoms with E-state index in [0.717, 1.165) is 31.0 Å². The van der Waals surface area contributed by atoms with E-state index in [1.54, 1.807) is 0 Å². The van der Waals surface area contributed by atoms with Crippen LogP contribution in [0.5, 0.6) is 0 Å². The van der Waals surface area contributed by atoms with E-state index in [0.29, 0.717) is 6.61 Å². The second-order valence-corrected chi connectivity index (χ2v) is 4.87. The minimum atomic E-state index is 0.315. The zero-order valence-electron chi connectivity index (χ0n) is 10.5. The smallest absolute Gasteiger partial charge is 0.0451 e. The maximum atomic E-state index is 8.68. The van der Waals surface area contributed by atoms with Crippen molar-refractivity contribution in [2.24, 2.45) is 0 Å². The third-order valence-corrected chi connectivity index (χ3v) is 3.21. The lowest BCUT2D eigenvalue weighted by atomic mass is 10.2. The predicted octanol–water partition coefficient (Wildman–Crippen LogP) is 3.32. The molecule has 0 saturated heterocycles. The van der Waals surface area contributed by atoms with E-state index in [2.05, 4.69) is 18.0 Å². The number of unbranched alkanes of at least 4 members (excludes halogenated alkanes) is 3. The first-order valence-corrected chi connectivity index (χ1v) is 6.64. The van der Waals surface area contributed by atoms with E-state index >= 15 is 0 Å². The van der Waals surface area contributed by atoms with E-state index in [1.807, 2.05) is 18.2 Å². The van der Waals surface area contributed by atoms with Crippen LogP contribution in [0.15, 0.2) is 24.3 Å². The standard InChI is InChI=1S/C14H22ClNO/c1-16(10-6-2-3-7-11-17)12-13-8-4-5-9-14(13)15/h4-5,8-9,17H,2-3,6-7,10-12H2,1H3. The maximum absolute atomic E-state index is 8.68. The van der Waals surface area contributed by atoms with Crippen molar-refractivity contribution in [3.8, 4) is 0 Å². The van der Waals surface area contributed by atoms with Gasteiger partial charge >= 0.3 is 0 Å². The summed E-state index contributed by atoms with van der Waals surface area (Å²) >= 11 is 6.12. The van der Waals surface area contributed by atoms with Gasteiger partial charge in [0.2, 0.25) is 0 Å². The number of benzene rings is 1. The first-order valence-electron chi connectivity index (χ1n) is 6.27. The molecule has 0 aliphatic carbocycles. The Morgan fingerprint density at radius 1 is 1.12 bits per heavy atom. The van der Waals surface area contributed by atoms with Gasteiger partial charge in [0.25, 0.3) is 0 Å². The highest BCUT2D eigenvalue weighted by molar-refractivity contribution is 6.31. The Bertz CT molecular complexity index is 317. The van der Waals surface area contributed by atoms with Crippen molar-refractivity contribution < 1.29 is 5.11 Å². The third-order valence-electron chi connectivity index (χ3n) is 2.85. The van der Waals surface area contributed by atoms with E-state index < -0.39 is 0 Å². The first-order chi connectivity index (χ1) is 8.24. The molecule has 17 heavy (non-hydrogen) atoms. The molecule has 0 aromatic heterocycles. The number of aliphatic hydroxyl groups excluding tert-OH is 1. The minimum Gasteiger partial charge on any atom is -0.396 e. The van der Waals surface area contributed by atoms with Gasteiger partial charge in [-0.25, -0.2) is 0 Å². The number of hydrogen-bond acceptors (Lipinski definition) is 2. The van der Waals surface area contributed by atoms with E-state index in [1.165, 1.54) is 18.4 Å². The van der Waals surface area contributed by atoms with Gasteiger partial charge in [0, 0.05) is 18.2 Å². The monoisotopic (exact) mass is 255 g/mol. The fraction of sp³-hybridized carbons (Fsp3) is 0.571. The molecule has 1 N–H and O–H groups in total. The molecule has 0 radical (unpaired) electrons. The van der Waals surface area contributed by atoms with Crippen LogP contribution < -0.4 is 0 Å². The van der Waals surface area contributed by atoms with Gasteiger partial charge in [0.1, 0.15) is 0 Å². The van der Waals surface area contributed by atoms with Crippen molar-refractivity contribution >= 4 is 11.6 Å². The van der Waals surface area contributed by atoms with Crippen LogP contribution in [0.25, 0.3) is 0 Å². The molecule has 96 valence electrons. The lowest BCUT2D eigenvalue weighted by Crippen LogP contribution is -2.19. The number of hydrogen-bond donors (Lipinski definition) is 1. The molecule has 0 saturated carbocycles. The predicted molar refractivity (Wildman–Crippen MR) is 73.3 cm³/mol. The average Bonchev–Trinajstić information content (AvgIpc) is 2.32. The van der Waals surface area contributed by atoms with Gasteiger partial charge in [0.05, 0.1) is 0 Å². The van der Waals surface area contributed by atoms with Crippen LogP contribution in [0.3, 0.4) is 0 Å². The summed E-state index contributed by atoms with van der Waals surface area (Å²) in [4.78, 5) is 2.29. The first kappa shape index (κ1) is 14.5. The molecule has 1 aromatic rings. The van der Waals surface area contributed by atoms with E-state index in [4.69, 9.17) is 16.7 Å². The summed E-state index contributed by atoms with van der Waals surface area (Å²) in [7, 11) is 2.12. The molecule has 1 rings (SSSR count). The third kappa shape index (κ3) is 6.06. The average molecular weight is 256 g/mol. The van der Waals surface area contributed by atoms with Crippen LogP contribution in [0.4, 0.5) is 0 Å². The quantitative estimate of drug-likeness (QED) is 0.721. The van der Waals surface area contributed by atoms with Gasteiger partial charge < -0.3 is 10.0 Å². The largest absolute Gasteiger partial charge is 0.396 e. The Morgan fingerprint density at radius 2 is 1.82 bits per heavy atom. The fourth-order valence-corrected chi connectivity index (χ4v) is 2.04. The molecule has 3 heteroatoms. The summed E-state index contributed by atoms with van der Waals surface area (Å²) in [6, 6.07) is 7.99. The molecule has 0 heterocycles. The Morgan fingerprint density at radius 3 is 2.53 bits per heavy atom. The minimum absolute atomic E-state index is 0.315. The number of aliphatic hydroxyl groups is 1. The Kier molecular flexibility index (Phi) is 7.25. The van der Waals surface area contributed by atoms with Gasteiger partial charge in [-0.1, -0.05) is 42.6 Å². The van der Waals surface area contributed by atoms with Crippen molar-refractivity contribution in [3.05, 3.63) is 34.9 Å². The molecule has 0 aliphatic heterocycles. The van der Waals surface area contributed by atoms with Gasteiger partial charge in [-0.2, -0.15) is 0 Å². The van der Waals surface area contributed by atoms with Crippen LogP contribution in [-0.2, 0) is 6.54 Å². The summed E-state index contributed by atoms with van der Waals surface area (Å²) in [6.07, 6.45) is 4.42. The molecule has 0 spiro atoms. The number of nitrogens with zero attached hydrogens (tertiary/aromatic N) is 1. The second kappa shape index (κ2) is 8.51. The SMILES string of the molecule is CN(CCCCCCO)Cc1ccccc1Cl. The molecule has 0 unspecified atom stereocenters. The Hall–Kier alpha value is -0.570. The molecule has 2 nitrogen and oxygen atoms in total. The van der Waals surface area contributed by atoms with E-state index in [-0.39, 0.29) is 0 Å². The molecule has 0 aliphatic rings. The summed E-state index contributed by atoms with van der Waals surface area (Å²) < 4.78 is 0. The molecule has 0 fully saturated rings. The van der Waals surface area contributed by atoms with Gasteiger partial charge in [0.15, 0.2) is 0 Å². The normalized spacial score (nSPS) is 11.1. The highest BCUT2D eigenvalue weighted by Crippen LogP contribution is 2.16. The van der Waals surface area contributed by atoms with Crippen molar-refractivity contribution in [3.63, 3.8) is 0 Å². The molecule has 0 amide bonds. The number of rotatable bonds is 8. The molecule has 0 atom stereocenters. The summed E-state index contributed by atoms with van der Waals surface area (Å²) in [5.41, 5.74) is 1.19. The number of halogens is 1. The zero-order chi connectivity index (χ0) is 12.5.